The van der Waals surface area contributed by atoms with Gasteiger partial charge < -0.3 is 11.1 Å². The predicted octanol–water partition coefficient (Wildman–Crippen LogP) is 1.53. The molecule has 106 valence electrons. The van der Waals surface area contributed by atoms with Crippen LogP contribution in [0.15, 0.2) is 0 Å². The smallest absolute Gasteiger partial charge is 0.237 e. The number of nitrogens with one attached hydrogen (secondary N) is 1. The van der Waals surface area contributed by atoms with Crippen molar-refractivity contribution >= 4 is 23.1 Å². The molecule has 0 aliphatic carbocycles. The highest BCUT2D eigenvalue weighted by Gasteiger charge is 2.22. The first-order chi connectivity index (χ1) is 8.23. The van der Waals surface area contributed by atoms with Gasteiger partial charge in [0, 0.05) is 25.6 Å². The fraction of sp³-hybridized carbons (Fsp3) is 0.846. The van der Waals surface area contributed by atoms with E-state index < -0.39 is 0 Å². The van der Waals surface area contributed by atoms with Crippen molar-refractivity contribution in [2.45, 2.75) is 53.1 Å². The van der Waals surface area contributed by atoms with Crippen molar-refractivity contribution in [1.82, 2.24) is 10.2 Å². The molecule has 0 aliphatic rings. The normalized spacial score (nSPS) is 13.1. The molecule has 0 aromatic carbocycles. The molecule has 0 heterocycles. The molecular weight excluding hydrogens is 246 g/mol. The molecule has 4 nitrogen and oxygen atoms in total. The lowest BCUT2D eigenvalue weighted by Crippen LogP contribution is -2.48. The van der Waals surface area contributed by atoms with Gasteiger partial charge in [0.15, 0.2) is 0 Å². The summed E-state index contributed by atoms with van der Waals surface area (Å²) in [5.41, 5.74) is 5.53. The van der Waals surface area contributed by atoms with Crippen molar-refractivity contribution in [2.75, 3.05) is 13.1 Å². The van der Waals surface area contributed by atoms with Gasteiger partial charge in [-0.25, -0.2) is 0 Å². The zero-order chi connectivity index (χ0) is 14.3. The zero-order valence-corrected chi connectivity index (χ0v) is 13.0. The van der Waals surface area contributed by atoms with Gasteiger partial charge in [-0.1, -0.05) is 26.1 Å². The summed E-state index contributed by atoms with van der Waals surface area (Å²) < 4.78 is 0. The average molecular weight is 273 g/mol. The van der Waals surface area contributed by atoms with E-state index in [0.717, 1.165) is 13.1 Å². The van der Waals surface area contributed by atoms with Gasteiger partial charge in [-0.05, 0) is 26.7 Å². The number of thiocarbonyl (C=S) groups is 1. The second-order valence-corrected chi connectivity index (χ2v) is 5.97. The number of carbonyl (C=O) groups is 1. The molecule has 0 fully saturated rings. The Kier molecular flexibility index (Phi) is 8.11. The van der Waals surface area contributed by atoms with Gasteiger partial charge in [-0.2, -0.15) is 0 Å². The number of hydrogen-bond acceptors (Lipinski definition) is 3. The Morgan fingerprint density at radius 3 is 2.22 bits per heavy atom. The van der Waals surface area contributed by atoms with Crippen LogP contribution in [0.2, 0.25) is 0 Å². The summed E-state index contributed by atoms with van der Waals surface area (Å²) >= 11 is 4.90. The number of nitrogens with zero attached hydrogens (tertiary/aromatic N) is 1. The predicted molar refractivity (Wildman–Crippen MR) is 80.6 cm³/mol. The molecule has 0 radical (unpaired) electrons. The van der Waals surface area contributed by atoms with Crippen LogP contribution in [0.25, 0.3) is 0 Å². The largest absolute Gasteiger partial charge is 0.393 e. The molecule has 0 spiro atoms. The molecule has 18 heavy (non-hydrogen) atoms. The Hall–Kier alpha value is -0.680. The van der Waals surface area contributed by atoms with E-state index in [9.17, 15) is 4.79 Å². The van der Waals surface area contributed by atoms with Crippen molar-refractivity contribution in [3.05, 3.63) is 0 Å². The van der Waals surface area contributed by atoms with Crippen LogP contribution < -0.4 is 11.1 Å². The summed E-state index contributed by atoms with van der Waals surface area (Å²) in [4.78, 5) is 14.6. The molecule has 0 rings (SSSR count). The van der Waals surface area contributed by atoms with Gasteiger partial charge in [0.25, 0.3) is 0 Å². The third-order valence-electron chi connectivity index (χ3n) is 2.60. The van der Waals surface area contributed by atoms with E-state index in [-0.39, 0.29) is 18.0 Å². The summed E-state index contributed by atoms with van der Waals surface area (Å²) in [7, 11) is 0. The maximum atomic E-state index is 12.0. The third kappa shape index (κ3) is 7.61. The average Bonchev–Trinajstić information content (AvgIpc) is 2.21. The Morgan fingerprint density at radius 1 is 1.28 bits per heavy atom. The minimum absolute atomic E-state index is 0.0635. The molecule has 0 bridgehead atoms. The molecule has 0 aromatic heterocycles. The van der Waals surface area contributed by atoms with Crippen LogP contribution in [-0.2, 0) is 4.79 Å². The highest BCUT2D eigenvalue weighted by Crippen LogP contribution is 2.06. The molecule has 1 unspecified atom stereocenters. The zero-order valence-electron chi connectivity index (χ0n) is 12.2. The maximum absolute atomic E-state index is 12.0. The quantitative estimate of drug-likeness (QED) is 0.659. The van der Waals surface area contributed by atoms with E-state index in [1.165, 1.54) is 0 Å². The molecule has 3 N–H and O–H groups in total. The number of hydrogen-bond donors (Lipinski definition) is 2. The second kappa shape index (κ2) is 8.43. The summed E-state index contributed by atoms with van der Waals surface area (Å²) in [6.07, 6.45) is 0.654. The van der Waals surface area contributed by atoms with Crippen LogP contribution in [0.5, 0.6) is 0 Å². The van der Waals surface area contributed by atoms with Gasteiger partial charge in [-0.3, -0.25) is 9.69 Å². The van der Waals surface area contributed by atoms with E-state index in [1.807, 2.05) is 20.8 Å². The van der Waals surface area contributed by atoms with Crippen molar-refractivity contribution < 1.29 is 4.79 Å². The Labute approximate surface area is 116 Å². The van der Waals surface area contributed by atoms with E-state index in [0.29, 0.717) is 17.3 Å². The number of carbonyl (C=O) groups excluding carboxylic acids is 1. The van der Waals surface area contributed by atoms with Crippen molar-refractivity contribution in [3.8, 4) is 0 Å². The standard InChI is InChI=1S/C13H27N3OS/c1-9(2)8-16(7-6-12(14)18)11(5)13(17)15-10(3)4/h9-11H,6-8H2,1-5H3,(H2,14,18)(H,15,17). The molecule has 0 aromatic rings. The molecule has 0 saturated carbocycles. The lowest BCUT2D eigenvalue weighted by Gasteiger charge is -2.30. The Bertz CT molecular complexity index is 279. The molecule has 1 atom stereocenters. The molecule has 0 aliphatic heterocycles. The first kappa shape index (κ1) is 17.3. The SMILES string of the molecule is CC(C)CN(CCC(N)=S)C(C)C(=O)NC(C)C. The van der Waals surface area contributed by atoms with Crippen LogP contribution in [0, 0.1) is 5.92 Å². The van der Waals surface area contributed by atoms with E-state index in [2.05, 4.69) is 24.1 Å². The van der Waals surface area contributed by atoms with Crippen LogP contribution in [0.4, 0.5) is 0 Å². The van der Waals surface area contributed by atoms with Crippen LogP contribution in [-0.4, -0.2) is 41.0 Å². The first-order valence-electron chi connectivity index (χ1n) is 6.56. The van der Waals surface area contributed by atoms with Crippen molar-refractivity contribution in [1.29, 1.82) is 0 Å². The first-order valence-corrected chi connectivity index (χ1v) is 6.97. The summed E-state index contributed by atoms with van der Waals surface area (Å²) in [6.45, 7) is 11.7. The van der Waals surface area contributed by atoms with Gasteiger partial charge in [0.05, 0.1) is 11.0 Å². The minimum atomic E-state index is -0.149. The molecule has 5 heteroatoms. The van der Waals surface area contributed by atoms with E-state index >= 15 is 0 Å². The van der Waals surface area contributed by atoms with Crippen molar-refractivity contribution in [2.24, 2.45) is 11.7 Å². The van der Waals surface area contributed by atoms with Crippen molar-refractivity contribution in [3.63, 3.8) is 0 Å². The van der Waals surface area contributed by atoms with Gasteiger partial charge >= 0.3 is 0 Å². The minimum Gasteiger partial charge on any atom is -0.393 e. The molecule has 0 saturated heterocycles. The van der Waals surface area contributed by atoms with Crippen LogP contribution >= 0.6 is 12.2 Å². The fourth-order valence-electron chi connectivity index (χ4n) is 1.74. The number of amides is 1. The van der Waals surface area contributed by atoms with Gasteiger partial charge in [-0.15, -0.1) is 0 Å². The van der Waals surface area contributed by atoms with Crippen LogP contribution in [0.3, 0.4) is 0 Å². The van der Waals surface area contributed by atoms with Crippen LogP contribution in [0.1, 0.15) is 41.0 Å². The lowest BCUT2D eigenvalue weighted by atomic mass is 10.1. The topological polar surface area (TPSA) is 58.4 Å². The molecule has 1 amide bonds. The third-order valence-corrected chi connectivity index (χ3v) is 2.81. The number of rotatable bonds is 8. The van der Waals surface area contributed by atoms with Gasteiger partial charge in [0.1, 0.15) is 0 Å². The number of nitrogens with two attached hydrogens (primary N) is 1. The summed E-state index contributed by atoms with van der Waals surface area (Å²) in [6, 6.07) is 0.0144. The molecular formula is C13H27N3OS. The lowest BCUT2D eigenvalue weighted by molar-refractivity contribution is -0.126. The van der Waals surface area contributed by atoms with E-state index in [4.69, 9.17) is 18.0 Å². The maximum Gasteiger partial charge on any atom is 0.237 e. The summed E-state index contributed by atoms with van der Waals surface area (Å²) in [5.74, 6) is 0.569. The Morgan fingerprint density at radius 2 is 1.83 bits per heavy atom. The fourth-order valence-corrected chi connectivity index (χ4v) is 1.83. The summed E-state index contributed by atoms with van der Waals surface area (Å²) in [5, 5.41) is 2.94. The highest BCUT2D eigenvalue weighted by atomic mass is 32.1. The highest BCUT2D eigenvalue weighted by molar-refractivity contribution is 7.80. The Balaban J connectivity index is 4.51. The van der Waals surface area contributed by atoms with Gasteiger partial charge in [0.2, 0.25) is 5.91 Å². The van der Waals surface area contributed by atoms with E-state index in [1.54, 1.807) is 0 Å². The monoisotopic (exact) mass is 273 g/mol. The second-order valence-electron chi connectivity index (χ2n) is 5.44.